The van der Waals surface area contributed by atoms with Crippen molar-refractivity contribution < 1.29 is 18.7 Å². The Morgan fingerprint density at radius 2 is 2.20 bits per heavy atom. The Balaban J connectivity index is 2.76. The van der Waals surface area contributed by atoms with Gasteiger partial charge in [-0.05, 0) is 19.1 Å². The van der Waals surface area contributed by atoms with Gasteiger partial charge in [-0.25, -0.2) is 4.79 Å². The summed E-state index contributed by atoms with van der Waals surface area (Å²) in [7, 11) is 2.95. The number of furan rings is 1. The molecule has 0 aliphatic carbocycles. The maximum Gasteiger partial charge on any atom is 0.373 e. The molecule has 0 radical (unpaired) electrons. The second-order valence-corrected chi connectivity index (χ2v) is 4.31. The number of methoxy groups -OCH3 is 2. The van der Waals surface area contributed by atoms with Crippen molar-refractivity contribution in [3.8, 4) is 6.07 Å². The number of ether oxygens (including phenoxy) is 2. The van der Waals surface area contributed by atoms with E-state index in [4.69, 9.17) is 14.4 Å². The Morgan fingerprint density at radius 3 is 2.80 bits per heavy atom. The van der Waals surface area contributed by atoms with Crippen molar-refractivity contribution in [1.82, 2.24) is 4.90 Å². The first-order valence-electron chi connectivity index (χ1n) is 6.42. The van der Waals surface area contributed by atoms with Crippen LogP contribution in [0.4, 0.5) is 0 Å². The summed E-state index contributed by atoms with van der Waals surface area (Å²) in [4.78, 5) is 13.4. The molecule has 6 heteroatoms. The van der Waals surface area contributed by atoms with Crippen molar-refractivity contribution >= 4 is 5.97 Å². The third-order valence-corrected chi connectivity index (χ3v) is 3.07. The summed E-state index contributed by atoms with van der Waals surface area (Å²) in [6, 6.07) is 5.43. The van der Waals surface area contributed by atoms with Crippen LogP contribution in [0.15, 0.2) is 16.5 Å². The normalized spacial score (nSPS) is 12.2. The van der Waals surface area contributed by atoms with Crippen LogP contribution in [-0.2, 0) is 9.47 Å². The van der Waals surface area contributed by atoms with Crippen molar-refractivity contribution in [3.05, 3.63) is 23.7 Å². The summed E-state index contributed by atoms with van der Waals surface area (Å²) in [5.41, 5.74) is 0. The maximum atomic E-state index is 11.4. The summed E-state index contributed by atoms with van der Waals surface area (Å²) < 4.78 is 15.2. The highest BCUT2D eigenvalue weighted by Gasteiger charge is 2.20. The van der Waals surface area contributed by atoms with Crippen LogP contribution in [0, 0.1) is 11.3 Å². The molecule has 1 rings (SSSR count). The molecule has 110 valence electrons. The van der Waals surface area contributed by atoms with Gasteiger partial charge in [0.05, 0.1) is 25.8 Å². The van der Waals surface area contributed by atoms with Crippen LogP contribution in [-0.4, -0.2) is 44.8 Å². The highest BCUT2D eigenvalue weighted by Crippen LogP contribution is 2.23. The van der Waals surface area contributed by atoms with E-state index in [1.807, 2.05) is 6.92 Å². The predicted octanol–water partition coefficient (Wildman–Crippen LogP) is 1.99. The van der Waals surface area contributed by atoms with Gasteiger partial charge >= 0.3 is 5.97 Å². The minimum atomic E-state index is -0.496. The van der Waals surface area contributed by atoms with Crippen LogP contribution < -0.4 is 0 Å². The number of nitrogens with zero attached hydrogens (tertiary/aromatic N) is 2. The predicted molar refractivity (Wildman–Crippen MR) is 72.1 cm³/mol. The van der Waals surface area contributed by atoms with E-state index >= 15 is 0 Å². The zero-order chi connectivity index (χ0) is 15.0. The molecule has 20 heavy (non-hydrogen) atoms. The van der Waals surface area contributed by atoms with Crippen molar-refractivity contribution in [2.75, 3.05) is 33.9 Å². The van der Waals surface area contributed by atoms with E-state index in [0.717, 1.165) is 0 Å². The average Bonchev–Trinajstić information content (AvgIpc) is 2.95. The van der Waals surface area contributed by atoms with Crippen LogP contribution in [0.3, 0.4) is 0 Å². The van der Waals surface area contributed by atoms with Gasteiger partial charge in [0, 0.05) is 26.6 Å². The van der Waals surface area contributed by atoms with Crippen molar-refractivity contribution in [2.45, 2.75) is 19.4 Å². The van der Waals surface area contributed by atoms with E-state index in [-0.39, 0.29) is 11.8 Å². The Kier molecular flexibility index (Phi) is 6.77. The minimum absolute atomic E-state index is 0.0445. The van der Waals surface area contributed by atoms with Gasteiger partial charge in [0.15, 0.2) is 0 Å². The van der Waals surface area contributed by atoms with Crippen LogP contribution in [0.25, 0.3) is 0 Å². The standard InChI is InChI=1S/C14H20N2O4/c1-11(16(8-4-7-15)9-10-18-2)12-5-6-13(20-12)14(17)19-3/h5-6,11H,4,8-10H2,1-3H3. The molecule has 1 heterocycles. The Labute approximate surface area is 118 Å². The van der Waals surface area contributed by atoms with Gasteiger partial charge in [0.25, 0.3) is 0 Å². The van der Waals surface area contributed by atoms with E-state index < -0.39 is 5.97 Å². The summed E-state index contributed by atoms with van der Waals surface area (Å²) >= 11 is 0. The molecule has 0 spiro atoms. The Bertz CT molecular complexity index is 464. The highest BCUT2D eigenvalue weighted by atomic mass is 16.5. The largest absolute Gasteiger partial charge is 0.463 e. The summed E-state index contributed by atoms with van der Waals surface area (Å²) in [6.45, 7) is 3.84. The zero-order valence-electron chi connectivity index (χ0n) is 12.1. The summed E-state index contributed by atoms with van der Waals surface area (Å²) in [5.74, 6) is 0.352. The number of hydrogen-bond donors (Lipinski definition) is 0. The number of nitriles is 1. The Hall–Kier alpha value is -1.84. The molecule has 0 aliphatic rings. The Morgan fingerprint density at radius 1 is 1.45 bits per heavy atom. The molecule has 0 amide bonds. The lowest BCUT2D eigenvalue weighted by Crippen LogP contribution is -2.31. The molecule has 6 nitrogen and oxygen atoms in total. The van der Waals surface area contributed by atoms with Gasteiger partial charge in [-0.3, -0.25) is 4.90 Å². The third-order valence-electron chi connectivity index (χ3n) is 3.07. The van der Waals surface area contributed by atoms with E-state index in [1.54, 1.807) is 19.2 Å². The SMILES string of the molecule is COCCN(CCC#N)C(C)c1ccc(C(=O)OC)o1. The molecule has 0 fully saturated rings. The fourth-order valence-corrected chi connectivity index (χ4v) is 1.87. The first-order chi connectivity index (χ1) is 9.63. The van der Waals surface area contributed by atoms with Crippen molar-refractivity contribution in [3.63, 3.8) is 0 Å². The quantitative estimate of drug-likeness (QED) is 0.678. The molecule has 1 aromatic rings. The van der Waals surface area contributed by atoms with Crippen molar-refractivity contribution in [1.29, 1.82) is 5.26 Å². The van der Waals surface area contributed by atoms with Crippen LogP contribution in [0.1, 0.15) is 35.7 Å². The monoisotopic (exact) mass is 280 g/mol. The molecule has 0 saturated heterocycles. The lowest BCUT2D eigenvalue weighted by atomic mass is 10.2. The van der Waals surface area contributed by atoms with Gasteiger partial charge in [-0.1, -0.05) is 0 Å². The average molecular weight is 280 g/mol. The number of carbonyl (C=O) groups is 1. The second-order valence-electron chi connectivity index (χ2n) is 4.31. The summed E-state index contributed by atoms with van der Waals surface area (Å²) in [5, 5.41) is 8.71. The lowest BCUT2D eigenvalue weighted by molar-refractivity contribution is 0.0557. The lowest BCUT2D eigenvalue weighted by Gasteiger charge is -2.26. The molecular formula is C14H20N2O4. The smallest absolute Gasteiger partial charge is 0.373 e. The van der Waals surface area contributed by atoms with Gasteiger partial charge in [-0.2, -0.15) is 5.26 Å². The van der Waals surface area contributed by atoms with E-state index in [9.17, 15) is 4.79 Å². The van der Waals surface area contributed by atoms with Crippen LogP contribution >= 0.6 is 0 Å². The third kappa shape index (κ3) is 4.37. The van der Waals surface area contributed by atoms with E-state index in [0.29, 0.717) is 31.9 Å². The molecule has 0 aliphatic heterocycles. The maximum absolute atomic E-state index is 11.4. The second kappa shape index (κ2) is 8.35. The molecule has 0 saturated carbocycles. The molecule has 1 aromatic heterocycles. The fourth-order valence-electron chi connectivity index (χ4n) is 1.87. The number of rotatable bonds is 8. The zero-order valence-corrected chi connectivity index (χ0v) is 12.1. The van der Waals surface area contributed by atoms with E-state index in [2.05, 4.69) is 15.7 Å². The molecule has 0 N–H and O–H groups in total. The van der Waals surface area contributed by atoms with Gasteiger partial charge in [-0.15, -0.1) is 0 Å². The first kappa shape index (κ1) is 16.2. The van der Waals surface area contributed by atoms with Gasteiger partial charge in [0.1, 0.15) is 5.76 Å². The first-order valence-corrected chi connectivity index (χ1v) is 6.42. The van der Waals surface area contributed by atoms with Gasteiger partial charge in [0.2, 0.25) is 5.76 Å². The minimum Gasteiger partial charge on any atom is -0.463 e. The number of esters is 1. The number of hydrogen-bond acceptors (Lipinski definition) is 6. The topological polar surface area (TPSA) is 75.7 Å². The molecule has 1 atom stereocenters. The van der Waals surface area contributed by atoms with E-state index in [1.165, 1.54) is 7.11 Å². The molecule has 0 aromatic carbocycles. The van der Waals surface area contributed by atoms with Crippen LogP contribution in [0.2, 0.25) is 0 Å². The number of carbonyl (C=O) groups excluding carboxylic acids is 1. The fraction of sp³-hybridized carbons (Fsp3) is 0.571. The molecule has 1 unspecified atom stereocenters. The van der Waals surface area contributed by atoms with Crippen molar-refractivity contribution in [2.24, 2.45) is 0 Å². The van der Waals surface area contributed by atoms with Crippen LogP contribution in [0.5, 0.6) is 0 Å². The van der Waals surface area contributed by atoms with Gasteiger partial charge < -0.3 is 13.9 Å². The summed E-state index contributed by atoms with van der Waals surface area (Å²) in [6.07, 6.45) is 0.429. The molecule has 0 bridgehead atoms. The molecular weight excluding hydrogens is 260 g/mol. The highest BCUT2D eigenvalue weighted by molar-refractivity contribution is 5.86.